The summed E-state index contributed by atoms with van der Waals surface area (Å²) in [6, 6.07) is 7.04. The van der Waals surface area contributed by atoms with Gasteiger partial charge in [-0.15, -0.1) is 0 Å². The monoisotopic (exact) mass is 360 g/mol. The molecule has 0 aliphatic carbocycles. The molecule has 7 nitrogen and oxygen atoms in total. The van der Waals surface area contributed by atoms with Crippen molar-refractivity contribution in [2.24, 2.45) is 0 Å². The van der Waals surface area contributed by atoms with Gasteiger partial charge in [-0.25, -0.2) is 4.21 Å². The Hall–Kier alpha value is -1.59. The van der Waals surface area contributed by atoms with Gasteiger partial charge in [0.1, 0.15) is 0 Å². The largest absolute Gasteiger partial charge is 0.294 e. The summed E-state index contributed by atoms with van der Waals surface area (Å²) in [6.07, 6.45) is 0. The van der Waals surface area contributed by atoms with Crippen LogP contribution < -0.4 is 0 Å². The highest BCUT2D eigenvalue weighted by Gasteiger charge is 2.28. The lowest BCUT2D eigenvalue weighted by molar-refractivity contribution is 0.480. The Kier molecular flexibility index (Phi) is 3.27. The second-order valence-electron chi connectivity index (χ2n) is 4.53. The van der Waals surface area contributed by atoms with Crippen molar-refractivity contribution in [3.63, 3.8) is 0 Å². The van der Waals surface area contributed by atoms with Gasteiger partial charge >= 0.3 is 0 Å². The van der Waals surface area contributed by atoms with E-state index < -0.39 is 40.8 Å². The van der Waals surface area contributed by atoms with Crippen LogP contribution in [-0.2, 0) is 31.0 Å². The number of fused-ring (bicyclic) bond motifs is 3. The lowest BCUT2D eigenvalue weighted by Gasteiger charge is -2.03. The zero-order valence-corrected chi connectivity index (χ0v) is 13.1. The molecule has 0 bridgehead atoms. The van der Waals surface area contributed by atoms with Gasteiger partial charge in [0.15, 0.2) is 0 Å². The van der Waals surface area contributed by atoms with Gasteiger partial charge in [-0.3, -0.25) is 9.11 Å². The van der Waals surface area contributed by atoms with Crippen LogP contribution in [0.15, 0.2) is 56.0 Å². The average molecular weight is 360 g/mol. The van der Waals surface area contributed by atoms with Crippen molar-refractivity contribution in [1.82, 2.24) is 0 Å². The first kappa shape index (κ1) is 15.3. The Morgan fingerprint density at radius 3 is 1.41 bits per heavy atom. The van der Waals surface area contributed by atoms with Crippen LogP contribution in [0.4, 0.5) is 0 Å². The molecule has 0 aromatic heterocycles. The van der Waals surface area contributed by atoms with E-state index in [0.29, 0.717) is 9.79 Å². The van der Waals surface area contributed by atoms with E-state index in [4.69, 9.17) is 9.11 Å². The number of hydrogen-bond donors (Lipinski definition) is 2. The fourth-order valence-electron chi connectivity index (χ4n) is 2.20. The zero-order valence-electron chi connectivity index (χ0n) is 10.6. The number of rotatable bonds is 2. The minimum atomic E-state index is -4.45. The van der Waals surface area contributed by atoms with Crippen LogP contribution in [-0.4, -0.2) is 30.1 Å². The summed E-state index contributed by atoms with van der Waals surface area (Å²) in [7, 11) is -10.5. The molecular weight excluding hydrogens is 352 g/mol. The fraction of sp³-hybridized carbons (Fsp3) is 0. The first-order valence-electron chi connectivity index (χ1n) is 5.74. The van der Waals surface area contributed by atoms with Crippen LogP contribution in [0.1, 0.15) is 0 Å². The van der Waals surface area contributed by atoms with E-state index in [-0.39, 0.29) is 11.1 Å². The summed E-state index contributed by atoms with van der Waals surface area (Å²) < 4.78 is 75.2. The molecule has 0 atom stereocenters. The maximum Gasteiger partial charge on any atom is 0.294 e. The molecule has 0 saturated carbocycles. The zero-order chi connectivity index (χ0) is 16.3. The van der Waals surface area contributed by atoms with E-state index in [9.17, 15) is 21.0 Å². The van der Waals surface area contributed by atoms with E-state index in [1.807, 2.05) is 0 Å². The van der Waals surface area contributed by atoms with Crippen molar-refractivity contribution < 1.29 is 30.1 Å². The van der Waals surface area contributed by atoms with Crippen molar-refractivity contribution in [3.05, 3.63) is 36.4 Å². The van der Waals surface area contributed by atoms with E-state index in [1.54, 1.807) is 0 Å². The molecule has 0 amide bonds. The Morgan fingerprint density at radius 2 is 1.09 bits per heavy atom. The topological polar surface area (TPSA) is 126 Å². The standard InChI is InChI=1S/C12H8O7S3/c13-20-11-3-1-7(21(14,15)16)5-9(11)10-6-8(22(17,18)19)2-4-12(10)20/h1-6H,(H,14,15,16)(H,17,18,19). The molecule has 1 heterocycles. The predicted octanol–water partition coefficient (Wildman–Crippen LogP) is 1.33. The molecule has 0 saturated heterocycles. The summed E-state index contributed by atoms with van der Waals surface area (Å²) in [5.74, 6) is 0. The third-order valence-electron chi connectivity index (χ3n) is 3.19. The van der Waals surface area contributed by atoms with Gasteiger partial charge in [0.05, 0.1) is 30.4 Å². The van der Waals surface area contributed by atoms with Crippen molar-refractivity contribution in [3.8, 4) is 11.1 Å². The Labute approximate surface area is 128 Å². The van der Waals surface area contributed by atoms with Gasteiger partial charge in [-0.2, -0.15) is 16.8 Å². The molecule has 0 radical (unpaired) electrons. The quantitative estimate of drug-likeness (QED) is 0.660. The molecule has 22 heavy (non-hydrogen) atoms. The smallest absolute Gasteiger partial charge is 0.282 e. The lowest BCUT2D eigenvalue weighted by Crippen LogP contribution is -1.99. The lowest BCUT2D eigenvalue weighted by atomic mass is 10.1. The minimum Gasteiger partial charge on any atom is -0.282 e. The first-order chi connectivity index (χ1) is 10.1. The maximum absolute atomic E-state index is 12.3. The highest BCUT2D eigenvalue weighted by molar-refractivity contribution is 7.86. The van der Waals surface area contributed by atoms with Crippen LogP contribution in [0.3, 0.4) is 0 Å². The molecule has 1 aliphatic heterocycles. The van der Waals surface area contributed by atoms with Crippen molar-refractivity contribution in [2.75, 3.05) is 0 Å². The summed E-state index contributed by atoms with van der Waals surface area (Å²) in [5.41, 5.74) is 0.461. The van der Waals surface area contributed by atoms with E-state index in [1.165, 1.54) is 12.1 Å². The first-order valence-corrected chi connectivity index (χ1v) is 9.77. The van der Waals surface area contributed by atoms with Crippen LogP contribution in [0.2, 0.25) is 0 Å². The molecule has 10 heteroatoms. The molecule has 1 aliphatic rings. The Morgan fingerprint density at radius 1 is 0.727 bits per heavy atom. The van der Waals surface area contributed by atoms with Gasteiger partial charge in [0.25, 0.3) is 20.2 Å². The van der Waals surface area contributed by atoms with Crippen molar-refractivity contribution >= 4 is 31.0 Å². The second kappa shape index (κ2) is 4.70. The third-order valence-corrected chi connectivity index (χ3v) is 6.40. The molecule has 2 aromatic rings. The van der Waals surface area contributed by atoms with E-state index >= 15 is 0 Å². The molecule has 0 spiro atoms. The van der Waals surface area contributed by atoms with Crippen LogP contribution in [0, 0.1) is 0 Å². The fourth-order valence-corrected chi connectivity index (χ4v) is 4.57. The number of hydrogen-bond acceptors (Lipinski definition) is 5. The Balaban J connectivity index is 2.32. The molecule has 2 aromatic carbocycles. The summed E-state index contributed by atoms with van der Waals surface area (Å²) in [4.78, 5) is -0.188. The predicted molar refractivity (Wildman–Crippen MR) is 76.2 cm³/mol. The summed E-state index contributed by atoms with van der Waals surface area (Å²) in [5, 5.41) is 0. The van der Waals surface area contributed by atoms with Gasteiger partial charge < -0.3 is 0 Å². The van der Waals surface area contributed by atoms with Gasteiger partial charge in [-0.1, -0.05) is 0 Å². The molecule has 2 N–H and O–H groups in total. The Bertz CT molecular complexity index is 953. The molecular formula is C12H8O7S3. The van der Waals surface area contributed by atoms with Crippen LogP contribution in [0.5, 0.6) is 0 Å². The normalized spacial score (nSPS) is 14.6. The average Bonchev–Trinajstić information content (AvgIpc) is 2.70. The van der Waals surface area contributed by atoms with Crippen molar-refractivity contribution in [1.29, 1.82) is 0 Å². The van der Waals surface area contributed by atoms with Crippen LogP contribution in [0.25, 0.3) is 11.1 Å². The van der Waals surface area contributed by atoms with Gasteiger partial charge in [-0.05, 0) is 36.4 Å². The molecule has 3 rings (SSSR count). The highest BCUT2D eigenvalue weighted by Crippen LogP contribution is 2.42. The second-order valence-corrected chi connectivity index (χ2v) is 8.79. The number of benzene rings is 2. The third kappa shape index (κ3) is 2.38. The minimum absolute atomic E-state index is 0.231. The van der Waals surface area contributed by atoms with Gasteiger partial charge in [0, 0.05) is 11.1 Å². The molecule has 116 valence electrons. The SMILES string of the molecule is O=S1c2ccc(S(=O)(=O)O)cc2-c2cc(S(=O)(=O)O)ccc21. The molecule has 0 fully saturated rings. The maximum atomic E-state index is 12.3. The highest BCUT2D eigenvalue weighted by atomic mass is 32.2. The van der Waals surface area contributed by atoms with Gasteiger partial charge in [0.2, 0.25) is 0 Å². The van der Waals surface area contributed by atoms with E-state index in [0.717, 1.165) is 24.3 Å². The summed E-state index contributed by atoms with van der Waals surface area (Å²) in [6.45, 7) is 0. The van der Waals surface area contributed by atoms with Crippen molar-refractivity contribution in [2.45, 2.75) is 19.6 Å². The van der Waals surface area contributed by atoms with E-state index in [2.05, 4.69) is 0 Å². The molecule has 0 unspecified atom stereocenters. The van der Waals surface area contributed by atoms with Crippen LogP contribution >= 0.6 is 0 Å². The summed E-state index contributed by atoms with van der Waals surface area (Å²) >= 11 is 0.